The lowest BCUT2D eigenvalue weighted by atomic mass is 10.1. The van der Waals surface area contributed by atoms with E-state index in [-0.39, 0.29) is 11.8 Å². The van der Waals surface area contributed by atoms with Crippen molar-refractivity contribution in [3.05, 3.63) is 70.3 Å². The third-order valence-electron chi connectivity index (χ3n) is 4.44. The zero-order valence-electron chi connectivity index (χ0n) is 16.2. The first-order valence-corrected chi connectivity index (χ1v) is 10.2. The highest BCUT2D eigenvalue weighted by Crippen LogP contribution is 2.33. The first-order valence-electron chi connectivity index (χ1n) is 8.98. The third-order valence-corrected chi connectivity index (χ3v) is 5.57. The lowest BCUT2D eigenvalue weighted by molar-refractivity contribution is 0.0471. The summed E-state index contributed by atoms with van der Waals surface area (Å²) in [5.41, 5.74) is 2.56. The van der Waals surface area contributed by atoms with Crippen molar-refractivity contribution in [3.63, 3.8) is 0 Å². The number of fused-ring (bicyclic) bond motifs is 1. The molecule has 0 radical (unpaired) electrons. The molecule has 0 spiro atoms. The fourth-order valence-corrected chi connectivity index (χ4v) is 4.01. The SMILES string of the molecule is COc1ccc(-c2nc(COC(=O)c3cc(Cl)nc4ccccc34)cs2)cc1OC. The molecule has 6 nitrogen and oxygen atoms in total. The third kappa shape index (κ3) is 4.08. The molecule has 0 amide bonds. The van der Waals surface area contributed by atoms with E-state index in [2.05, 4.69) is 9.97 Å². The number of esters is 1. The minimum absolute atomic E-state index is 0.0525. The number of rotatable bonds is 6. The van der Waals surface area contributed by atoms with Crippen LogP contribution in [0.3, 0.4) is 0 Å². The van der Waals surface area contributed by atoms with Crippen LogP contribution < -0.4 is 9.47 Å². The number of pyridine rings is 1. The van der Waals surface area contributed by atoms with Gasteiger partial charge in [0.25, 0.3) is 0 Å². The first-order chi connectivity index (χ1) is 14.6. The van der Waals surface area contributed by atoms with E-state index >= 15 is 0 Å². The molecule has 0 atom stereocenters. The van der Waals surface area contributed by atoms with Crippen molar-refractivity contribution in [2.45, 2.75) is 6.61 Å². The van der Waals surface area contributed by atoms with Gasteiger partial charge in [0, 0.05) is 16.3 Å². The number of para-hydroxylation sites is 1. The molecule has 0 saturated carbocycles. The average molecular weight is 441 g/mol. The molecule has 8 heteroatoms. The van der Waals surface area contributed by atoms with Crippen LogP contribution in [-0.2, 0) is 11.3 Å². The summed E-state index contributed by atoms with van der Waals surface area (Å²) in [7, 11) is 3.18. The van der Waals surface area contributed by atoms with Gasteiger partial charge >= 0.3 is 5.97 Å². The number of aromatic nitrogens is 2. The predicted octanol–water partition coefficient (Wildman–Crippen LogP) is 5.39. The Kier molecular flexibility index (Phi) is 5.83. The van der Waals surface area contributed by atoms with E-state index in [4.69, 9.17) is 25.8 Å². The Balaban J connectivity index is 1.51. The number of benzene rings is 2. The van der Waals surface area contributed by atoms with Crippen molar-refractivity contribution in [2.24, 2.45) is 0 Å². The van der Waals surface area contributed by atoms with Crippen molar-refractivity contribution in [2.75, 3.05) is 14.2 Å². The number of carbonyl (C=O) groups excluding carboxylic acids is 1. The molecular formula is C22H17ClN2O4S. The number of nitrogens with zero attached hydrogens (tertiary/aromatic N) is 2. The standard InChI is InChI=1S/C22H17ClN2O4S/c1-27-18-8-7-13(9-19(18)28-2)21-24-14(12-30-21)11-29-22(26)16-10-20(23)25-17-6-4-3-5-15(16)17/h3-10,12H,11H2,1-2H3. The number of ether oxygens (including phenoxy) is 3. The summed E-state index contributed by atoms with van der Waals surface area (Å²) in [6.07, 6.45) is 0. The van der Waals surface area contributed by atoms with E-state index in [1.165, 1.54) is 17.4 Å². The normalized spacial score (nSPS) is 10.8. The lowest BCUT2D eigenvalue weighted by Crippen LogP contribution is -2.07. The van der Waals surface area contributed by atoms with Crippen molar-refractivity contribution in [1.82, 2.24) is 9.97 Å². The Hall–Kier alpha value is -3.16. The maximum absolute atomic E-state index is 12.7. The zero-order chi connectivity index (χ0) is 21.1. The maximum atomic E-state index is 12.7. The lowest BCUT2D eigenvalue weighted by Gasteiger charge is -2.08. The Labute approximate surface area is 182 Å². The van der Waals surface area contributed by atoms with Crippen LogP contribution in [0.4, 0.5) is 0 Å². The smallest absolute Gasteiger partial charge is 0.339 e. The minimum atomic E-state index is -0.476. The van der Waals surface area contributed by atoms with Crippen LogP contribution in [0, 0.1) is 0 Å². The molecule has 30 heavy (non-hydrogen) atoms. The summed E-state index contributed by atoms with van der Waals surface area (Å²) in [5, 5.41) is 3.58. The molecule has 4 rings (SSSR count). The van der Waals surface area contributed by atoms with Crippen LogP contribution in [0.1, 0.15) is 16.1 Å². The van der Waals surface area contributed by atoms with Gasteiger partial charge in [-0.3, -0.25) is 0 Å². The molecule has 2 heterocycles. The maximum Gasteiger partial charge on any atom is 0.339 e. The van der Waals surface area contributed by atoms with E-state index in [1.54, 1.807) is 20.3 Å². The Morgan fingerprint density at radius 1 is 1.03 bits per heavy atom. The molecule has 2 aromatic carbocycles. The molecule has 0 fully saturated rings. The highest BCUT2D eigenvalue weighted by molar-refractivity contribution is 7.13. The number of hydrogen-bond acceptors (Lipinski definition) is 7. The van der Waals surface area contributed by atoms with Gasteiger partial charge in [-0.1, -0.05) is 29.8 Å². The van der Waals surface area contributed by atoms with Crippen LogP contribution in [0.2, 0.25) is 5.15 Å². The second-order valence-electron chi connectivity index (χ2n) is 6.30. The van der Waals surface area contributed by atoms with E-state index < -0.39 is 5.97 Å². The quantitative estimate of drug-likeness (QED) is 0.296. The fourth-order valence-electron chi connectivity index (χ4n) is 3.00. The zero-order valence-corrected chi connectivity index (χ0v) is 17.8. The molecular weight excluding hydrogens is 424 g/mol. The van der Waals surface area contributed by atoms with Gasteiger partial charge in [-0.25, -0.2) is 14.8 Å². The van der Waals surface area contributed by atoms with Gasteiger partial charge in [0.2, 0.25) is 0 Å². The monoisotopic (exact) mass is 440 g/mol. The Bertz CT molecular complexity index is 1220. The molecule has 0 unspecified atom stereocenters. The van der Waals surface area contributed by atoms with Gasteiger partial charge in [0.15, 0.2) is 11.5 Å². The topological polar surface area (TPSA) is 70.5 Å². The van der Waals surface area contributed by atoms with Crippen LogP contribution in [0.5, 0.6) is 11.5 Å². The Morgan fingerprint density at radius 2 is 1.83 bits per heavy atom. The van der Waals surface area contributed by atoms with Gasteiger partial charge in [0.1, 0.15) is 16.8 Å². The summed E-state index contributed by atoms with van der Waals surface area (Å²) in [5.74, 6) is 0.797. The second-order valence-corrected chi connectivity index (χ2v) is 7.54. The molecule has 2 aromatic heterocycles. The number of halogens is 1. The molecule has 0 saturated heterocycles. The van der Waals surface area contributed by atoms with Crippen LogP contribution in [-0.4, -0.2) is 30.2 Å². The molecule has 0 N–H and O–H groups in total. The van der Waals surface area contributed by atoms with Gasteiger partial charge in [0.05, 0.1) is 31.0 Å². The summed E-state index contributed by atoms with van der Waals surface area (Å²) >= 11 is 7.51. The van der Waals surface area contributed by atoms with Gasteiger partial charge in [-0.2, -0.15) is 0 Å². The van der Waals surface area contributed by atoms with Crippen molar-refractivity contribution < 1.29 is 19.0 Å². The van der Waals surface area contributed by atoms with Crippen LogP contribution in [0.25, 0.3) is 21.5 Å². The van der Waals surface area contributed by atoms with Crippen molar-refractivity contribution in [3.8, 4) is 22.1 Å². The summed E-state index contributed by atoms with van der Waals surface area (Å²) in [6, 6.07) is 14.4. The number of methoxy groups -OCH3 is 2. The van der Waals surface area contributed by atoms with E-state index in [0.717, 1.165) is 10.6 Å². The molecule has 152 valence electrons. The Morgan fingerprint density at radius 3 is 2.63 bits per heavy atom. The molecule has 0 aliphatic carbocycles. The van der Waals surface area contributed by atoms with E-state index in [1.807, 2.05) is 41.8 Å². The second kappa shape index (κ2) is 8.69. The predicted molar refractivity (Wildman–Crippen MR) is 117 cm³/mol. The summed E-state index contributed by atoms with van der Waals surface area (Å²) < 4.78 is 16.1. The van der Waals surface area contributed by atoms with E-state index in [9.17, 15) is 4.79 Å². The van der Waals surface area contributed by atoms with Crippen LogP contribution >= 0.6 is 22.9 Å². The van der Waals surface area contributed by atoms with Crippen LogP contribution in [0.15, 0.2) is 53.9 Å². The average Bonchev–Trinajstić information content (AvgIpc) is 3.25. The van der Waals surface area contributed by atoms with Gasteiger partial charge in [-0.05, 0) is 30.3 Å². The van der Waals surface area contributed by atoms with Crippen molar-refractivity contribution in [1.29, 1.82) is 0 Å². The summed E-state index contributed by atoms with van der Waals surface area (Å²) in [6.45, 7) is 0.0525. The number of hydrogen-bond donors (Lipinski definition) is 0. The molecule has 4 aromatic rings. The largest absolute Gasteiger partial charge is 0.493 e. The minimum Gasteiger partial charge on any atom is -0.493 e. The summed E-state index contributed by atoms with van der Waals surface area (Å²) in [4.78, 5) is 21.4. The molecule has 0 bridgehead atoms. The molecule has 0 aliphatic heterocycles. The molecule has 0 aliphatic rings. The number of thiazole rings is 1. The van der Waals surface area contributed by atoms with Gasteiger partial charge < -0.3 is 14.2 Å². The number of carbonyl (C=O) groups is 1. The highest BCUT2D eigenvalue weighted by atomic mass is 35.5. The highest BCUT2D eigenvalue weighted by Gasteiger charge is 2.15. The van der Waals surface area contributed by atoms with Gasteiger partial charge in [-0.15, -0.1) is 11.3 Å². The fraction of sp³-hybridized carbons (Fsp3) is 0.136. The van der Waals surface area contributed by atoms with Crippen molar-refractivity contribution >= 4 is 39.8 Å². The van der Waals surface area contributed by atoms with E-state index in [0.29, 0.717) is 33.7 Å². The first kappa shape index (κ1) is 20.1.